The van der Waals surface area contributed by atoms with Crippen LogP contribution in [0, 0.1) is 16.0 Å². The van der Waals surface area contributed by atoms with Crippen LogP contribution in [0.4, 0.5) is 0 Å². The Balaban J connectivity index is 2.17. The highest BCUT2D eigenvalue weighted by molar-refractivity contribution is 6.31. The minimum atomic E-state index is -1.37. The van der Waals surface area contributed by atoms with Gasteiger partial charge in [-0.1, -0.05) is 41.9 Å². The van der Waals surface area contributed by atoms with Crippen molar-refractivity contribution in [3.8, 4) is 5.75 Å². The van der Waals surface area contributed by atoms with Crippen molar-refractivity contribution in [3.63, 3.8) is 0 Å². The maximum atomic E-state index is 12.9. The van der Waals surface area contributed by atoms with Crippen molar-refractivity contribution in [1.82, 2.24) is 5.32 Å². The van der Waals surface area contributed by atoms with Gasteiger partial charge >= 0.3 is 5.97 Å². The van der Waals surface area contributed by atoms with Gasteiger partial charge in [-0.05, 0) is 29.3 Å². The lowest BCUT2D eigenvalue weighted by molar-refractivity contribution is -0.534. The van der Waals surface area contributed by atoms with Crippen LogP contribution in [0.15, 0.2) is 48.5 Å². The van der Waals surface area contributed by atoms with Crippen LogP contribution in [0.3, 0.4) is 0 Å². The fraction of sp³-hybridized carbons (Fsp3) is 0.300. The molecule has 9 heteroatoms. The van der Waals surface area contributed by atoms with E-state index >= 15 is 0 Å². The molecule has 1 saturated heterocycles. The van der Waals surface area contributed by atoms with Crippen molar-refractivity contribution in [2.45, 2.75) is 18.0 Å². The van der Waals surface area contributed by atoms with Gasteiger partial charge in [0.25, 0.3) is 0 Å². The summed E-state index contributed by atoms with van der Waals surface area (Å²) >= 11 is 6.25. The normalized spacial score (nSPS) is 23.8. The number of nitro groups is 1. The Labute approximate surface area is 171 Å². The molecule has 1 heterocycles. The van der Waals surface area contributed by atoms with E-state index in [1.54, 1.807) is 48.5 Å². The number of methoxy groups -OCH3 is 2. The van der Waals surface area contributed by atoms with E-state index in [0.29, 0.717) is 16.9 Å². The molecule has 1 fully saturated rings. The third kappa shape index (κ3) is 3.88. The maximum absolute atomic E-state index is 12.9. The quantitative estimate of drug-likeness (QED) is 0.346. The summed E-state index contributed by atoms with van der Waals surface area (Å²) in [5, 5.41) is 15.0. The van der Waals surface area contributed by atoms with Crippen LogP contribution < -0.4 is 10.1 Å². The highest BCUT2D eigenvalue weighted by atomic mass is 35.5. The minimum Gasteiger partial charge on any atom is -0.497 e. The number of benzene rings is 2. The average Bonchev–Trinajstić information content (AvgIpc) is 2.72. The first-order chi connectivity index (χ1) is 13.9. The molecule has 152 valence electrons. The van der Waals surface area contributed by atoms with E-state index in [9.17, 15) is 19.7 Å². The number of rotatable bonds is 5. The SMILES string of the molecule is COC(=O)[C@H]1C(=O)N[C@H](c2ccccc2Cl)[C@H]([N+](=O)[O-])[C@@H]1c1ccc(OC)cc1. The molecule has 0 aliphatic carbocycles. The van der Waals surface area contributed by atoms with E-state index in [1.165, 1.54) is 7.11 Å². The molecule has 2 aromatic rings. The first-order valence-corrected chi connectivity index (χ1v) is 9.17. The third-order valence-corrected chi connectivity index (χ3v) is 5.43. The summed E-state index contributed by atoms with van der Waals surface area (Å²) in [4.78, 5) is 36.9. The number of hydrogen-bond donors (Lipinski definition) is 1. The number of hydrogen-bond acceptors (Lipinski definition) is 6. The summed E-state index contributed by atoms with van der Waals surface area (Å²) in [7, 11) is 2.63. The number of ether oxygens (including phenoxy) is 2. The predicted molar refractivity (Wildman–Crippen MR) is 104 cm³/mol. The molecule has 2 aromatic carbocycles. The van der Waals surface area contributed by atoms with Crippen molar-refractivity contribution in [2.75, 3.05) is 14.2 Å². The van der Waals surface area contributed by atoms with Gasteiger partial charge in [0.1, 0.15) is 17.7 Å². The first kappa shape index (κ1) is 20.6. The number of piperidine rings is 1. The highest BCUT2D eigenvalue weighted by Gasteiger charge is 2.55. The zero-order valence-corrected chi connectivity index (χ0v) is 16.5. The molecular weight excluding hydrogens is 400 g/mol. The fourth-order valence-corrected chi connectivity index (χ4v) is 3.99. The Morgan fingerprint density at radius 3 is 2.34 bits per heavy atom. The van der Waals surface area contributed by atoms with Gasteiger partial charge in [0.15, 0.2) is 0 Å². The number of nitrogens with zero attached hydrogens (tertiary/aromatic N) is 1. The second kappa shape index (κ2) is 8.48. The standard InChI is InChI=1S/C20H19ClN2O6/c1-28-12-9-7-11(8-10-12)15-16(20(25)29-2)19(24)22-17(18(15)23(26)27)13-5-3-4-6-14(13)21/h3-10,15-18H,1-2H3,(H,22,24)/t15-,16-,17-,18-/m1/s1. The molecular formula is C20H19ClN2O6. The van der Waals surface area contributed by atoms with Gasteiger partial charge in [-0.2, -0.15) is 0 Å². The lowest BCUT2D eigenvalue weighted by atomic mass is 9.73. The maximum Gasteiger partial charge on any atom is 0.319 e. The number of carbonyl (C=O) groups excluding carboxylic acids is 2. The van der Waals surface area contributed by atoms with Gasteiger partial charge in [0.2, 0.25) is 11.9 Å². The molecule has 4 atom stereocenters. The van der Waals surface area contributed by atoms with Gasteiger partial charge in [0.05, 0.1) is 20.1 Å². The van der Waals surface area contributed by atoms with Crippen LogP contribution in [0.2, 0.25) is 5.02 Å². The third-order valence-electron chi connectivity index (χ3n) is 5.09. The summed E-state index contributed by atoms with van der Waals surface area (Å²) in [6, 6.07) is 10.7. The van der Waals surface area contributed by atoms with Crippen LogP contribution in [-0.2, 0) is 14.3 Å². The highest BCUT2D eigenvalue weighted by Crippen LogP contribution is 2.42. The molecule has 1 aliphatic rings. The second-order valence-electron chi connectivity index (χ2n) is 6.58. The molecule has 29 heavy (non-hydrogen) atoms. The Morgan fingerprint density at radius 2 is 1.79 bits per heavy atom. The van der Waals surface area contributed by atoms with Crippen LogP contribution in [-0.4, -0.2) is 37.1 Å². The number of nitrogens with one attached hydrogen (secondary N) is 1. The number of carbonyl (C=O) groups is 2. The number of halogens is 1. The molecule has 1 N–H and O–H groups in total. The summed E-state index contributed by atoms with van der Waals surface area (Å²) in [6.07, 6.45) is 0. The molecule has 0 saturated carbocycles. The Morgan fingerprint density at radius 1 is 1.14 bits per heavy atom. The molecule has 0 radical (unpaired) electrons. The van der Waals surface area contributed by atoms with E-state index < -0.39 is 40.7 Å². The molecule has 0 spiro atoms. The molecule has 3 rings (SSSR count). The van der Waals surface area contributed by atoms with Crippen molar-refractivity contribution in [3.05, 3.63) is 74.8 Å². The predicted octanol–water partition coefficient (Wildman–Crippen LogP) is 2.74. The van der Waals surface area contributed by atoms with Crippen molar-refractivity contribution < 1.29 is 24.0 Å². The van der Waals surface area contributed by atoms with Gasteiger partial charge in [-0.3, -0.25) is 19.7 Å². The summed E-state index contributed by atoms with van der Waals surface area (Å²) in [6.45, 7) is 0. The molecule has 0 unspecified atom stereocenters. The lowest BCUT2D eigenvalue weighted by Gasteiger charge is -2.37. The topological polar surface area (TPSA) is 108 Å². The van der Waals surface area contributed by atoms with E-state index in [-0.39, 0.29) is 5.02 Å². The largest absolute Gasteiger partial charge is 0.497 e. The van der Waals surface area contributed by atoms with Gasteiger partial charge < -0.3 is 14.8 Å². The van der Waals surface area contributed by atoms with Crippen LogP contribution >= 0.6 is 11.6 Å². The molecule has 1 amide bonds. The van der Waals surface area contributed by atoms with Gasteiger partial charge in [-0.25, -0.2) is 0 Å². The van der Waals surface area contributed by atoms with Crippen LogP contribution in [0.1, 0.15) is 23.1 Å². The summed E-state index contributed by atoms with van der Waals surface area (Å²) in [5.41, 5.74) is 0.862. The molecule has 0 bridgehead atoms. The van der Waals surface area contributed by atoms with Crippen LogP contribution in [0.25, 0.3) is 0 Å². The van der Waals surface area contributed by atoms with Crippen LogP contribution in [0.5, 0.6) is 5.75 Å². The van der Waals surface area contributed by atoms with Crippen molar-refractivity contribution in [1.29, 1.82) is 0 Å². The fourth-order valence-electron chi connectivity index (χ4n) is 3.73. The monoisotopic (exact) mass is 418 g/mol. The minimum absolute atomic E-state index is 0.287. The molecule has 1 aliphatic heterocycles. The van der Waals surface area contributed by atoms with Gasteiger partial charge in [-0.15, -0.1) is 0 Å². The van der Waals surface area contributed by atoms with Gasteiger partial charge in [0, 0.05) is 9.95 Å². The zero-order chi connectivity index (χ0) is 21.1. The number of esters is 1. The molecule has 8 nitrogen and oxygen atoms in total. The Hall–Kier alpha value is -3.13. The van der Waals surface area contributed by atoms with Crippen molar-refractivity contribution >= 4 is 23.5 Å². The number of amides is 1. The Bertz CT molecular complexity index is 933. The zero-order valence-electron chi connectivity index (χ0n) is 15.7. The Kier molecular flexibility index (Phi) is 6.03. The van der Waals surface area contributed by atoms with Crippen molar-refractivity contribution in [2.24, 2.45) is 5.92 Å². The van der Waals surface area contributed by atoms with E-state index in [4.69, 9.17) is 21.1 Å². The summed E-state index contributed by atoms with van der Waals surface area (Å²) < 4.78 is 9.91. The van der Waals surface area contributed by atoms with E-state index in [2.05, 4.69) is 5.32 Å². The van der Waals surface area contributed by atoms with E-state index in [1.807, 2.05) is 0 Å². The van der Waals surface area contributed by atoms with E-state index in [0.717, 1.165) is 7.11 Å². The first-order valence-electron chi connectivity index (χ1n) is 8.79. The lowest BCUT2D eigenvalue weighted by Crippen LogP contribution is -2.56. The average molecular weight is 419 g/mol. The smallest absolute Gasteiger partial charge is 0.319 e. The summed E-state index contributed by atoms with van der Waals surface area (Å²) in [5.74, 6) is -3.38. The molecule has 0 aromatic heterocycles. The second-order valence-corrected chi connectivity index (χ2v) is 6.99.